The van der Waals surface area contributed by atoms with E-state index >= 15 is 0 Å². The molecule has 1 aromatic rings. The molecule has 0 bridgehead atoms. The molecular formula is C19H28N4O3. The van der Waals surface area contributed by atoms with E-state index in [1.165, 1.54) is 0 Å². The van der Waals surface area contributed by atoms with Gasteiger partial charge in [0.1, 0.15) is 0 Å². The van der Waals surface area contributed by atoms with Crippen molar-refractivity contribution in [2.75, 3.05) is 51.2 Å². The topological polar surface area (TPSA) is 73.9 Å². The number of amides is 3. The fourth-order valence-electron chi connectivity index (χ4n) is 3.39. The summed E-state index contributed by atoms with van der Waals surface area (Å²) in [6.07, 6.45) is 3.00. The van der Waals surface area contributed by atoms with E-state index in [2.05, 4.69) is 15.5 Å². The highest BCUT2D eigenvalue weighted by atomic mass is 16.5. The van der Waals surface area contributed by atoms with Gasteiger partial charge in [-0.3, -0.25) is 9.69 Å². The first kappa shape index (κ1) is 18.7. The van der Waals surface area contributed by atoms with Gasteiger partial charge in [-0.05, 0) is 25.0 Å². The van der Waals surface area contributed by atoms with E-state index in [1.807, 2.05) is 35.2 Å². The van der Waals surface area contributed by atoms with Gasteiger partial charge in [-0.25, -0.2) is 4.79 Å². The Hall–Kier alpha value is -2.12. The van der Waals surface area contributed by atoms with Gasteiger partial charge in [-0.1, -0.05) is 18.2 Å². The van der Waals surface area contributed by atoms with Crippen LogP contribution in [0.4, 0.5) is 10.5 Å². The Labute approximate surface area is 154 Å². The first-order valence-electron chi connectivity index (χ1n) is 9.42. The molecule has 142 valence electrons. The molecule has 7 heteroatoms. The van der Waals surface area contributed by atoms with Crippen LogP contribution < -0.4 is 10.6 Å². The molecule has 3 rings (SSSR count). The first-order chi connectivity index (χ1) is 12.7. The highest BCUT2D eigenvalue weighted by molar-refractivity contribution is 5.89. The van der Waals surface area contributed by atoms with Gasteiger partial charge in [-0.2, -0.15) is 0 Å². The fourth-order valence-corrected chi connectivity index (χ4v) is 3.39. The molecule has 3 amide bonds. The summed E-state index contributed by atoms with van der Waals surface area (Å²) in [5.74, 6) is 0.0989. The van der Waals surface area contributed by atoms with Gasteiger partial charge in [0, 0.05) is 58.0 Å². The molecule has 0 aliphatic carbocycles. The smallest absolute Gasteiger partial charge is 0.319 e. The van der Waals surface area contributed by atoms with Crippen molar-refractivity contribution in [2.24, 2.45) is 0 Å². The van der Waals surface area contributed by atoms with E-state index in [4.69, 9.17) is 4.74 Å². The van der Waals surface area contributed by atoms with Gasteiger partial charge in [0.2, 0.25) is 5.91 Å². The number of carbonyl (C=O) groups is 2. The molecule has 2 aliphatic heterocycles. The average Bonchev–Trinajstić information content (AvgIpc) is 3.16. The van der Waals surface area contributed by atoms with Crippen molar-refractivity contribution in [3.63, 3.8) is 0 Å². The zero-order chi connectivity index (χ0) is 18.2. The van der Waals surface area contributed by atoms with Gasteiger partial charge in [-0.15, -0.1) is 0 Å². The highest BCUT2D eigenvalue weighted by Gasteiger charge is 2.24. The van der Waals surface area contributed by atoms with E-state index < -0.39 is 0 Å². The number of ether oxygens (including phenoxy) is 1. The van der Waals surface area contributed by atoms with Gasteiger partial charge < -0.3 is 20.3 Å². The molecular weight excluding hydrogens is 332 g/mol. The lowest BCUT2D eigenvalue weighted by atomic mass is 10.2. The average molecular weight is 360 g/mol. The summed E-state index contributed by atoms with van der Waals surface area (Å²) >= 11 is 0. The number of rotatable bonds is 6. The van der Waals surface area contributed by atoms with Crippen LogP contribution in [-0.2, 0) is 9.53 Å². The SMILES string of the molecule is O=C(NCCC(=O)N1CCN(C[C@H]2CCCO2)CC1)Nc1ccccc1. The second-order valence-corrected chi connectivity index (χ2v) is 6.81. The van der Waals surface area contributed by atoms with E-state index in [0.29, 0.717) is 19.1 Å². The Morgan fingerprint density at radius 3 is 2.58 bits per heavy atom. The maximum Gasteiger partial charge on any atom is 0.319 e. The third-order valence-corrected chi connectivity index (χ3v) is 4.87. The molecule has 7 nitrogen and oxygen atoms in total. The molecule has 1 aromatic carbocycles. The number of hydrogen-bond acceptors (Lipinski definition) is 4. The maximum absolute atomic E-state index is 12.3. The van der Waals surface area contributed by atoms with Crippen LogP contribution in [0.1, 0.15) is 19.3 Å². The second kappa shape index (κ2) is 9.54. The van der Waals surface area contributed by atoms with Gasteiger partial charge >= 0.3 is 6.03 Å². The van der Waals surface area contributed by atoms with Crippen LogP contribution in [-0.4, -0.2) is 73.7 Å². The number of hydrogen-bond donors (Lipinski definition) is 2. The molecule has 0 unspecified atom stereocenters. The summed E-state index contributed by atoms with van der Waals surface area (Å²) in [7, 11) is 0. The Bertz CT molecular complexity index is 582. The van der Waals surface area contributed by atoms with E-state index in [0.717, 1.165) is 57.9 Å². The molecule has 1 atom stereocenters. The third-order valence-electron chi connectivity index (χ3n) is 4.87. The van der Waals surface area contributed by atoms with Crippen LogP contribution in [0, 0.1) is 0 Å². The largest absolute Gasteiger partial charge is 0.377 e. The standard InChI is InChI=1S/C19H28N4O3/c24-18(8-9-20-19(25)21-16-5-2-1-3-6-16)23-12-10-22(11-13-23)15-17-7-4-14-26-17/h1-3,5-6,17H,4,7-15H2,(H2,20,21,25)/t17-/m1/s1. The van der Waals surface area contributed by atoms with Crippen molar-refractivity contribution in [1.29, 1.82) is 0 Å². The van der Waals surface area contributed by atoms with Gasteiger partial charge in [0.05, 0.1) is 6.10 Å². The van der Waals surface area contributed by atoms with Crippen LogP contribution in [0.15, 0.2) is 30.3 Å². The lowest BCUT2D eigenvalue weighted by molar-refractivity contribution is -0.132. The number of nitrogens with one attached hydrogen (secondary N) is 2. The van der Waals surface area contributed by atoms with E-state index in [1.54, 1.807) is 0 Å². The number of nitrogens with zero attached hydrogens (tertiary/aromatic N) is 2. The van der Waals surface area contributed by atoms with Crippen LogP contribution in [0.5, 0.6) is 0 Å². The molecule has 0 radical (unpaired) electrons. The van der Waals surface area contributed by atoms with E-state index in [9.17, 15) is 9.59 Å². The van der Waals surface area contributed by atoms with Crippen LogP contribution in [0.3, 0.4) is 0 Å². The molecule has 2 fully saturated rings. The monoisotopic (exact) mass is 360 g/mol. The lowest BCUT2D eigenvalue weighted by Gasteiger charge is -2.35. The first-order valence-corrected chi connectivity index (χ1v) is 9.42. The van der Waals surface area contributed by atoms with Crippen molar-refractivity contribution < 1.29 is 14.3 Å². The predicted molar refractivity (Wildman–Crippen MR) is 100 cm³/mol. The summed E-state index contributed by atoms with van der Waals surface area (Å²) in [5.41, 5.74) is 0.735. The second-order valence-electron chi connectivity index (χ2n) is 6.81. The van der Waals surface area contributed by atoms with Crippen LogP contribution in [0.25, 0.3) is 0 Å². The summed E-state index contributed by atoms with van der Waals surface area (Å²) in [5, 5.41) is 5.48. The zero-order valence-electron chi connectivity index (χ0n) is 15.2. The highest BCUT2D eigenvalue weighted by Crippen LogP contribution is 2.14. The number of para-hydroxylation sites is 1. The molecule has 2 aliphatic rings. The number of benzene rings is 1. The number of urea groups is 1. The quantitative estimate of drug-likeness (QED) is 0.807. The van der Waals surface area contributed by atoms with Crippen LogP contribution >= 0.6 is 0 Å². The summed E-state index contributed by atoms with van der Waals surface area (Å²) in [4.78, 5) is 28.4. The molecule has 26 heavy (non-hydrogen) atoms. The summed E-state index contributed by atoms with van der Waals surface area (Å²) in [6.45, 7) is 5.50. The Morgan fingerprint density at radius 2 is 1.88 bits per heavy atom. The minimum atomic E-state index is -0.287. The number of carbonyl (C=O) groups excluding carboxylic acids is 2. The Kier molecular flexibility index (Phi) is 6.85. The number of piperazine rings is 1. The van der Waals surface area contributed by atoms with Gasteiger partial charge in [0.15, 0.2) is 0 Å². The third kappa shape index (κ3) is 5.71. The fraction of sp³-hybridized carbons (Fsp3) is 0.579. The molecule has 0 saturated carbocycles. The van der Waals surface area contributed by atoms with Crippen molar-refractivity contribution in [3.05, 3.63) is 30.3 Å². The van der Waals surface area contributed by atoms with Crippen molar-refractivity contribution in [2.45, 2.75) is 25.4 Å². The Balaban J connectivity index is 1.29. The van der Waals surface area contributed by atoms with Crippen molar-refractivity contribution in [3.8, 4) is 0 Å². The summed E-state index contributed by atoms with van der Waals surface area (Å²) in [6, 6.07) is 8.96. The zero-order valence-corrected chi connectivity index (χ0v) is 15.2. The molecule has 2 heterocycles. The maximum atomic E-state index is 12.3. The summed E-state index contributed by atoms with van der Waals surface area (Å²) < 4.78 is 5.68. The minimum Gasteiger partial charge on any atom is -0.377 e. The number of anilines is 1. The lowest BCUT2D eigenvalue weighted by Crippen LogP contribution is -2.50. The molecule has 2 N–H and O–H groups in total. The van der Waals surface area contributed by atoms with Crippen LogP contribution in [0.2, 0.25) is 0 Å². The molecule has 0 spiro atoms. The van der Waals surface area contributed by atoms with Gasteiger partial charge in [0.25, 0.3) is 0 Å². The van der Waals surface area contributed by atoms with E-state index in [-0.39, 0.29) is 11.9 Å². The minimum absolute atomic E-state index is 0.0989. The predicted octanol–water partition coefficient (Wildman–Crippen LogP) is 1.52. The normalized spacial score (nSPS) is 20.8. The molecule has 2 saturated heterocycles. The van der Waals surface area contributed by atoms with Crippen molar-refractivity contribution in [1.82, 2.24) is 15.1 Å². The molecule has 0 aromatic heterocycles. The van der Waals surface area contributed by atoms with Crippen molar-refractivity contribution >= 4 is 17.6 Å². The Morgan fingerprint density at radius 1 is 1.12 bits per heavy atom.